The summed E-state index contributed by atoms with van der Waals surface area (Å²) in [4.78, 5) is 0. The molecule has 0 heterocycles. The minimum absolute atomic E-state index is 0. The van der Waals surface area contributed by atoms with Crippen LogP contribution in [-0.4, -0.2) is 8.07 Å². The fourth-order valence-electron chi connectivity index (χ4n) is 5.11. The van der Waals surface area contributed by atoms with Gasteiger partial charge in [0, 0.05) is 0 Å². The zero-order valence-electron chi connectivity index (χ0n) is 21.3. The Balaban J connectivity index is 0.00000289. The van der Waals surface area contributed by atoms with Gasteiger partial charge in [-0.25, -0.2) is 10.8 Å². The molecule has 1 aliphatic carbocycles. The van der Waals surface area contributed by atoms with E-state index >= 15 is 0 Å². The van der Waals surface area contributed by atoms with E-state index in [1.165, 1.54) is 37.8 Å². The molecule has 0 amide bonds. The van der Waals surface area contributed by atoms with Gasteiger partial charge >= 0.3 is 21.7 Å². The van der Waals surface area contributed by atoms with Crippen LogP contribution in [0, 0.1) is 32.3 Å². The summed E-state index contributed by atoms with van der Waals surface area (Å²) in [6.45, 7) is 13.6. The molecule has 3 aromatic rings. The van der Waals surface area contributed by atoms with Crippen molar-refractivity contribution in [1.29, 1.82) is 0 Å². The van der Waals surface area contributed by atoms with Crippen LogP contribution in [0.4, 0.5) is 0 Å². The van der Waals surface area contributed by atoms with E-state index in [0.717, 1.165) is 6.42 Å². The van der Waals surface area contributed by atoms with Crippen molar-refractivity contribution in [3.63, 3.8) is 0 Å². The molecule has 0 N–H and O–H groups in total. The molecule has 3 aromatic carbocycles. The van der Waals surface area contributed by atoms with Gasteiger partial charge in [-0.3, -0.25) is 6.08 Å². The van der Waals surface area contributed by atoms with Gasteiger partial charge in [0.2, 0.25) is 0 Å². The van der Waals surface area contributed by atoms with Gasteiger partial charge in [0.05, 0.1) is 8.07 Å². The SMILES string of the molecule is Cc1cccc([Si](C2=C(C(C)(C)C)[C-]=CC2)(c2cccc(C)c2)c2cccc(C)c2)c1.[Cl-].[Cl-].[Cl-].[Ti+4]. The molecule has 0 atom stereocenters. The Kier molecular flexibility index (Phi) is 13.1. The van der Waals surface area contributed by atoms with Crippen LogP contribution in [0.3, 0.4) is 0 Å². The average molecular weight is 576 g/mol. The Morgan fingerprint density at radius 1 is 0.657 bits per heavy atom. The maximum absolute atomic E-state index is 3.69. The number of hydrogen-bond acceptors (Lipinski definition) is 0. The van der Waals surface area contributed by atoms with Gasteiger partial charge < -0.3 is 37.2 Å². The van der Waals surface area contributed by atoms with Gasteiger partial charge in [-0.15, -0.1) is 0 Å². The maximum atomic E-state index is 3.69. The molecule has 0 nitrogen and oxygen atoms in total. The van der Waals surface area contributed by atoms with Gasteiger partial charge in [0.25, 0.3) is 0 Å². The Hall–Kier alpha value is -1.06. The first-order valence-corrected chi connectivity index (χ1v) is 13.3. The second kappa shape index (κ2) is 13.5. The van der Waals surface area contributed by atoms with Crippen LogP contribution in [0.25, 0.3) is 0 Å². The summed E-state index contributed by atoms with van der Waals surface area (Å²) in [6, 6.07) is 27.8. The minimum atomic E-state index is -2.47. The standard InChI is InChI=1S/C30H33Si.3ClH.Ti/c1-22-11-7-14-25(19-22)31(26-15-8-12-23(2)20-26,27-16-9-13-24(3)21-27)29-18-10-17-28(29)30(4,5)6;;;;/h7-16,19-21H,18H2,1-6H3;3*1H;/q-1;;;;+4/p-3. The van der Waals surface area contributed by atoms with Crippen molar-refractivity contribution in [2.75, 3.05) is 0 Å². The number of allylic oxidation sites excluding steroid dienone is 4. The van der Waals surface area contributed by atoms with Gasteiger partial charge in [-0.05, 0) is 26.2 Å². The molecule has 0 bridgehead atoms. The van der Waals surface area contributed by atoms with Gasteiger partial charge in [-0.2, -0.15) is 6.08 Å². The number of benzene rings is 3. The van der Waals surface area contributed by atoms with Crippen LogP contribution in [-0.2, 0) is 21.7 Å². The minimum Gasteiger partial charge on any atom is -1.00 e. The predicted octanol–water partition coefficient (Wildman–Crippen LogP) is -3.26. The number of halogens is 3. The van der Waals surface area contributed by atoms with Crippen LogP contribution < -0.4 is 52.8 Å². The van der Waals surface area contributed by atoms with Gasteiger partial charge in [0.1, 0.15) is 0 Å². The fourth-order valence-corrected chi connectivity index (χ4v) is 10.8. The Labute approximate surface area is 246 Å². The summed E-state index contributed by atoms with van der Waals surface area (Å²) in [5, 5.41) is 5.99. The summed E-state index contributed by atoms with van der Waals surface area (Å²) in [5.74, 6) is 0. The third kappa shape index (κ3) is 6.64. The molecular weight excluding hydrogens is 543 g/mol. The Morgan fingerprint density at radius 3 is 1.34 bits per heavy atom. The summed E-state index contributed by atoms with van der Waals surface area (Å²) < 4.78 is 0. The summed E-state index contributed by atoms with van der Waals surface area (Å²) >= 11 is 0. The van der Waals surface area contributed by atoms with Crippen molar-refractivity contribution < 1.29 is 58.9 Å². The molecule has 5 heteroatoms. The number of rotatable bonds is 4. The van der Waals surface area contributed by atoms with Crippen molar-refractivity contribution in [1.82, 2.24) is 0 Å². The van der Waals surface area contributed by atoms with Crippen LogP contribution >= 0.6 is 0 Å². The van der Waals surface area contributed by atoms with E-state index in [1.807, 2.05) is 0 Å². The molecule has 0 aliphatic heterocycles. The molecular formula is C30H33Cl3SiTi. The maximum Gasteiger partial charge on any atom is 4.00 e. The normalized spacial score (nSPS) is 12.7. The first-order chi connectivity index (χ1) is 14.7. The number of hydrogen-bond donors (Lipinski definition) is 0. The zero-order valence-corrected chi connectivity index (χ0v) is 26.2. The van der Waals surface area contributed by atoms with E-state index in [4.69, 9.17) is 0 Å². The van der Waals surface area contributed by atoms with E-state index in [9.17, 15) is 0 Å². The molecule has 0 fully saturated rings. The molecule has 182 valence electrons. The van der Waals surface area contributed by atoms with Gasteiger partial charge in [0.15, 0.2) is 0 Å². The third-order valence-corrected chi connectivity index (χ3v) is 11.3. The van der Waals surface area contributed by atoms with Gasteiger partial charge in [-0.1, -0.05) is 132 Å². The van der Waals surface area contributed by atoms with Crippen molar-refractivity contribution >= 4 is 23.6 Å². The van der Waals surface area contributed by atoms with Crippen LogP contribution in [0.2, 0.25) is 0 Å². The predicted molar refractivity (Wildman–Crippen MR) is 137 cm³/mol. The van der Waals surface area contributed by atoms with Crippen molar-refractivity contribution in [3.8, 4) is 0 Å². The first kappa shape index (κ1) is 33.9. The van der Waals surface area contributed by atoms with E-state index in [-0.39, 0.29) is 64.4 Å². The average Bonchev–Trinajstić information content (AvgIpc) is 3.20. The van der Waals surface area contributed by atoms with E-state index in [0.29, 0.717) is 0 Å². The summed E-state index contributed by atoms with van der Waals surface area (Å²) in [5.41, 5.74) is 5.41. The zero-order chi connectivity index (χ0) is 22.2. The molecule has 4 rings (SSSR count). The topological polar surface area (TPSA) is 0 Å². The van der Waals surface area contributed by atoms with Crippen LogP contribution in [0.15, 0.2) is 89.6 Å². The summed E-state index contributed by atoms with van der Waals surface area (Å²) in [7, 11) is -2.47. The smallest absolute Gasteiger partial charge is 1.00 e. The molecule has 0 saturated heterocycles. The van der Waals surface area contributed by atoms with Crippen molar-refractivity contribution in [2.24, 2.45) is 5.41 Å². The molecule has 1 aliphatic rings. The van der Waals surface area contributed by atoms with E-state index in [2.05, 4.69) is 126 Å². The molecule has 0 radical (unpaired) electrons. The monoisotopic (exact) mass is 574 g/mol. The molecule has 35 heavy (non-hydrogen) atoms. The van der Waals surface area contributed by atoms with Crippen molar-refractivity contribution in [3.05, 3.63) is 112 Å². The number of aryl methyl sites for hydroxylation is 3. The molecule has 0 saturated carbocycles. The molecule has 0 aromatic heterocycles. The Bertz CT molecular complexity index is 1080. The molecule has 0 spiro atoms. The van der Waals surface area contributed by atoms with Crippen LogP contribution in [0.5, 0.6) is 0 Å². The Morgan fingerprint density at radius 2 is 1.03 bits per heavy atom. The van der Waals surface area contributed by atoms with Crippen molar-refractivity contribution in [2.45, 2.75) is 48.0 Å². The van der Waals surface area contributed by atoms with E-state index < -0.39 is 8.07 Å². The summed E-state index contributed by atoms with van der Waals surface area (Å²) in [6.07, 6.45) is 6.94. The third-order valence-electron chi connectivity index (χ3n) is 6.41. The second-order valence-corrected chi connectivity index (χ2v) is 13.9. The van der Waals surface area contributed by atoms with Crippen LogP contribution in [0.1, 0.15) is 43.9 Å². The second-order valence-electron chi connectivity index (χ2n) is 10.0. The quantitative estimate of drug-likeness (QED) is 0.174. The fraction of sp³-hybridized carbons (Fsp3) is 0.267. The largest absolute Gasteiger partial charge is 4.00 e. The first-order valence-electron chi connectivity index (χ1n) is 11.3. The molecule has 0 unspecified atom stereocenters. The van der Waals surface area contributed by atoms with E-state index in [1.54, 1.807) is 5.20 Å².